The van der Waals surface area contributed by atoms with E-state index in [4.69, 9.17) is 4.74 Å². The highest BCUT2D eigenvalue weighted by molar-refractivity contribution is 6.42. The van der Waals surface area contributed by atoms with Gasteiger partial charge in [-0.25, -0.2) is 0 Å². The number of rotatable bonds is 4. The van der Waals surface area contributed by atoms with Crippen molar-refractivity contribution in [2.24, 2.45) is 0 Å². The molecule has 0 aliphatic heterocycles. The van der Waals surface area contributed by atoms with Gasteiger partial charge in [0.05, 0.1) is 0 Å². The summed E-state index contributed by atoms with van der Waals surface area (Å²) in [6.45, 7) is 0.109. The van der Waals surface area contributed by atoms with E-state index in [9.17, 15) is 9.59 Å². The Morgan fingerprint density at radius 1 is 1.27 bits per heavy atom. The zero-order valence-corrected chi connectivity index (χ0v) is 8.77. The van der Waals surface area contributed by atoms with Crippen LogP contribution < -0.4 is 0 Å². The fourth-order valence-corrected chi connectivity index (χ4v) is 1.14. The van der Waals surface area contributed by atoms with E-state index in [1.807, 2.05) is 0 Å². The molecular weight excluding hydrogens is 194 g/mol. The molecule has 0 aliphatic carbocycles. The standard InChI is InChI=1S/C11H13NO3/c1-12(8-15-2)11(14)10(13)9-6-4-3-5-7-9/h3-7H,8H2,1-2H3. The number of hydrogen-bond donors (Lipinski definition) is 0. The van der Waals surface area contributed by atoms with Gasteiger partial charge in [-0.1, -0.05) is 30.3 Å². The summed E-state index contributed by atoms with van der Waals surface area (Å²) in [7, 11) is 2.99. The Balaban J connectivity index is 2.73. The van der Waals surface area contributed by atoms with Crippen molar-refractivity contribution < 1.29 is 14.3 Å². The lowest BCUT2D eigenvalue weighted by Crippen LogP contribution is -2.34. The van der Waals surface area contributed by atoms with Crippen LogP contribution in [0.1, 0.15) is 10.4 Å². The molecular formula is C11H13NO3. The van der Waals surface area contributed by atoms with Crippen LogP contribution in [0.5, 0.6) is 0 Å². The number of amides is 1. The van der Waals surface area contributed by atoms with Gasteiger partial charge in [0.25, 0.3) is 5.91 Å². The van der Waals surface area contributed by atoms with Gasteiger partial charge in [0.2, 0.25) is 5.78 Å². The first kappa shape index (κ1) is 11.4. The normalized spacial score (nSPS) is 9.73. The molecule has 0 fully saturated rings. The van der Waals surface area contributed by atoms with Gasteiger partial charge >= 0.3 is 0 Å². The number of ether oxygens (including phenoxy) is 1. The van der Waals surface area contributed by atoms with Crippen LogP contribution in [0.2, 0.25) is 0 Å². The number of methoxy groups -OCH3 is 1. The van der Waals surface area contributed by atoms with E-state index in [0.717, 1.165) is 0 Å². The van der Waals surface area contributed by atoms with Crippen LogP contribution in [0.4, 0.5) is 0 Å². The summed E-state index contributed by atoms with van der Waals surface area (Å²) in [4.78, 5) is 24.4. The van der Waals surface area contributed by atoms with Gasteiger partial charge in [0, 0.05) is 19.7 Å². The van der Waals surface area contributed by atoms with Crippen molar-refractivity contribution in [2.75, 3.05) is 20.9 Å². The highest BCUT2D eigenvalue weighted by Gasteiger charge is 2.19. The zero-order valence-electron chi connectivity index (χ0n) is 8.77. The number of likely N-dealkylation sites (N-methyl/N-ethyl adjacent to an activating group) is 1. The van der Waals surface area contributed by atoms with Crippen molar-refractivity contribution in [3.8, 4) is 0 Å². The molecule has 0 aromatic heterocycles. The molecule has 0 heterocycles. The van der Waals surface area contributed by atoms with Crippen molar-refractivity contribution in [3.63, 3.8) is 0 Å². The van der Waals surface area contributed by atoms with Crippen LogP contribution in [-0.2, 0) is 9.53 Å². The molecule has 0 saturated heterocycles. The van der Waals surface area contributed by atoms with Crippen molar-refractivity contribution in [1.82, 2.24) is 4.90 Å². The van der Waals surface area contributed by atoms with Gasteiger partial charge in [0.15, 0.2) is 0 Å². The number of Topliss-reactive ketones (excluding diaryl/α,β-unsaturated/α-hetero) is 1. The third kappa shape index (κ3) is 2.89. The molecule has 4 nitrogen and oxygen atoms in total. The van der Waals surface area contributed by atoms with Crippen LogP contribution in [0.25, 0.3) is 0 Å². The first-order valence-corrected chi connectivity index (χ1v) is 4.50. The Morgan fingerprint density at radius 2 is 1.87 bits per heavy atom. The molecule has 1 aromatic rings. The summed E-state index contributed by atoms with van der Waals surface area (Å²) >= 11 is 0. The number of nitrogens with zero attached hydrogens (tertiary/aromatic N) is 1. The second kappa shape index (κ2) is 5.26. The minimum absolute atomic E-state index is 0.109. The Hall–Kier alpha value is -1.68. The Kier molecular flexibility index (Phi) is 4.00. The maximum Gasteiger partial charge on any atom is 0.296 e. The van der Waals surface area contributed by atoms with E-state index in [2.05, 4.69) is 0 Å². The Labute approximate surface area is 88.5 Å². The molecule has 1 amide bonds. The fraction of sp³-hybridized carbons (Fsp3) is 0.273. The number of benzene rings is 1. The van der Waals surface area contributed by atoms with Crippen molar-refractivity contribution >= 4 is 11.7 Å². The minimum atomic E-state index is -0.567. The maximum absolute atomic E-state index is 11.6. The summed E-state index contributed by atoms with van der Waals surface area (Å²) in [6, 6.07) is 8.45. The van der Waals surface area contributed by atoms with Crippen molar-refractivity contribution in [2.45, 2.75) is 0 Å². The largest absolute Gasteiger partial charge is 0.364 e. The molecule has 0 N–H and O–H groups in total. The molecule has 0 atom stereocenters. The number of ketones is 1. The Morgan fingerprint density at radius 3 is 2.40 bits per heavy atom. The number of carbonyl (C=O) groups excluding carboxylic acids is 2. The molecule has 0 aliphatic rings. The van der Waals surface area contributed by atoms with Crippen LogP contribution in [0.15, 0.2) is 30.3 Å². The van der Waals surface area contributed by atoms with Crippen molar-refractivity contribution in [3.05, 3.63) is 35.9 Å². The van der Waals surface area contributed by atoms with Gasteiger partial charge in [-0.2, -0.15) is 0 Å². The molecule has 0 spiro atoms. The van der Waals surface area contributed by atoms with Gasteiger partial charge in [-0.05, 0) is 0 Å². The predicted octanol–water partition coefficient (Wildman–Crippen LogP) is 0.932. The second-order valence-corrected chi connectivity index (χ2v) is 3.12. The highest BCUT2D eigenvalue weighted by atomic mass is 16.5. The SMILES string of the molecule is COCN(C)C(=O)C(=O)c1ccccc1. The molecule has 1 rings (SSSR count). The van der Waals surface area contributed by atoms with E-state index in [0.29, 0.717) is 5.56 Å². The van der Waals surface area contributed by atoms with Crippen LogP contribution in [0, 0.1) is 0 Å². The molecule has 4 heteroatoms. The number of carbonyl (C=O) groups is 2. The van der Waals surface area contributed by atoms with E-state index >= 15 is 0 Å². The van der Waals surface area contributed by atoms with E-state index in [1.54, 1.807) is 30.3 Å². The molecule has 1 aromatic carbocycles. The third-order valence-corrected chi connectivity index (χ3v) is 1.90. The lowest BCUT2D eigenvalue weighted by molar-refractivity contribution is -0.129. The fourth-order valence-electron chi connectivity index (χ4n) is 1.14. The maximum atomic E-state index is 11.6. The zero-order chi connectivity index (χ0) is 11.3. The van der Waals surface area contributed by atoms with Crippen LogP contribution >= 0.6 is 0 Å². The average molecular weight is 207 g/mol. The summed E-state index contributed by atoms with van der Waals surface area (Å²) in [5.74, 6) is -1.08. The smallest absolute Gasteiger partial charge is 0.296 e. The molecule has 80 valence electrons. The molecule has 0 unspecified atom stereocenters. The molecule has 0 saturated carbocycles. The third-order valence-electron chi connectivity index (χ3n) is 1.90. The summed E-state index contributed by atoms with van der Waals surface area (Å²) in [5, 5.41) is 0. The van der Waals surface area contributed by atoms with E-state index in [1.165, 1.54) is 19.1 Å². The first-order valence-electron chi connectivity index (χ1n) is 4.50. The first-order chi connectivity index (χ1) is 7.16. The van der Waals surface area contributed by atoms with Gasteiger partial charge in [-0.15, -0.1) is 0 Å². The molecule has 0 radical (unpaired) electrons. The van der Waals surface area contributed by atoms with Gasteiger partial charge < -0.3 is 9.64 Å². The molecule has 15 heavy (non-hydrogen) atoms. The second-order valence-electron chi connectivity index (χ2n) is 3.12. The summed E-state index contributed by atoms with van der Waals surface area (Å²) in [6.07, 6.45) is 0. The highest BCUT2D eigenvalue weighted by Crippen LogP contribution is 2.02. The lowest BCUT2D eigenvalue weighted by Gasteiger charge is -2.14. The Bertz CT molecular complexity index is 348. The monoisotopic (exact) mass is 207 g/mol. The van der Waals surface area contributed by atoms with E-state index < -0.39 is 11.7 Å². The summed E-state index contributed by atoms with van der Waals surface area (Å²) < 4.78 is 4.76. The van der Waals surface area contributed by atoms with Gasteiger partial charge in [-0.3, -0.25) is 9.59 Å². The quantitative estimate of drug-likeness (QED) is 0.419. The number of hydrogen-bond acceptors (Lipinski definition) is 3. The van der Waals surface area contributed by atoms with Crippen LogP contribution in [-0.4, -0.2) is 37.5 Å². The van der Waals surface area contributed by atoms with Gasteiger partial charge in [0.1, 0.15) is 6.73 Å². The predicted molar refractivity (Wildman–Crippen MR) is 55.4 cm³/mol. The lowest BCUT2D eigenvalue weighted by atomic mass is 10.1. The summed E-state index contributed by atoms with van der Waals surface area (Å²) in [5.41, 5.74) is 0.394. The van der Waals surface area contributed by atoms with Crippen molar-refractivity contribution in [1.29, 1.82) is 0 Å². The average Bonchev–Trinajstić information content (AvgIpc) is 2.28. The van der Waals surface area contributed by atoms with E-state index in [-0.39, 0.29) is 6.73 Å². The topological polar surface area (TPSA) is 46.6 Å². The van der Waals surface area contributed by atoms with Crippen LogP contribution in [0.3, 0.4) is 0 Å². The minimum Gasteiger partial charge on any atom is -0.364 e. The molecule has 0 bridgehead atoms.